The fourth-order valence-electron chi connectivity index (χ4n) is 3.00. The number of carbonyl (C=O) groups is 1. The highest BCUT2D eigenvalue weighted by Crippen LogP contribution is 2.30. The number of benzene rings is 2. The summed E-state index contributed by atoms with van der Waals surface area (Å²) in [6.07, 6.45) is 1.23. The molecule has 5 nitrogen and oxygen atoms in total. The summed E-state index contributed by atoms with van der Waals surface area (Å²) in [5, 5.41) is 14.7. The Hall–Kier alpha value is -2.90. The fourth-order valence-corrected chi connectivity index (χ4v) is 4.58. The lowest BCUT2D eigenvalue weighted by Crippen LogP contribution is -2.11. The number of thioether (sulfide) groups is 1. The van der Waals surface area contributed by atoms with E-state index >= 15 is 0 Å². The van der Waals surface area contributed by atoms with E-state index in [9.17, 15) is 4.79 Å². The minimum Gasteiger partial charge on any atom is -0.326 e. The van der Waals surface area contributed by atoms with Gasteiger partial charge in [0.2, 0.25) is 5.91 Å². The molecule has 4 aromatic rings. The van der Waals surface area contributed by atoms with Gasteiger partial charge in [0.1, 0.15) is 0 Å². The standard InChI is InChI=1S/C23H22N4OS2/c1-17-11-13-18(14-12-17)24-21(28)10-6-16-30-23-26-25-22(20-9-5-15-29-20)27(23)19-7-3-2-4-8-19/h2-5,7-9,11-15H,6,10,16H2,1H3,(H,24,28). The topological polar surface area (TPSA) is 59.8 Å². The van der Waals surface area contributed by atoms with Crippen LogP contribution in [0, 0.1) is 6.92 Å². The first-order chi connectivity index (χ1) is 14.7. The van der Waals surface area contributed by atoms with Gasteiger partial charge >= 0.3 is 0 Å². The number of para-hydroxylation sites is 1. The maximum absolute atomic E-state index is 12.2. The number of aromatic nitrogens is 3. The number of rotatable bonds is 8. The highest BCUT2D eigenvalue weighted by molar-refractivity contribution is 7.99. The second kappa shape index (κ2) is 9.73. The SMILES string of the molecule is Cc1ccc(NC(=O)CCCSc2nnc(-c3cccs3)n2-c2ccccc2)cc1. The molecular weight excluding hydrogens is 412 g/mol. The van der Waals surface area contributed by atoms with Gasteiger partial charge in [0.15, 0.2) is 11.0 Å². The zero-order valence-electron chi connectivity index (χ0n) is 16.6. The summed E-state index contributed by atoms with van der Waals surface area (Å²) >= 11 is 3.27. The zero-order chi connectivity index (χ0) is 20.8. The van der Waals surface area contributed by atoms with Gasteiger partial charge < -0.3 is 5.32 Å². The lowest BCUT2D eigenvalue weighted by Gasteiger charge is -2.09. The highest BCUT2D eigenvalue weighted by Gasteiger charge is 2.16. The van der Waals surface area contributed by atoms with Gasteiger partial charge in [0.25, 0.3) is 0 Å². The third-order valence-corrected chi connectivity index (χ3v) is 6.39. The molecule has 0 aliphatic rings. The van der Waals surface area contributed by atoms with Gasteiger partial charge in [-0.25, -0.2) is 0 Å². The summed E-state index contributed by atoms with van der Waals surface area (Å²) in [5.74, 6) is 1.66. The van der Waals surface area contributed by atoms with E-state index in [0.717, 1.165) is 39.4 Å². The summed E-state index contributed by atoms with van der Waals surface area (Å²) in [5.41, 5.74) is 3.04. The molecule has 1 N–H and O–H groups in total. The summed E-state index contributed by atoms with van der Waals surface area (Å²) in [6.45, 7) is 2.03. The van der Waals surface area contributed by atoms with Crippen LogP contribution in [0.4, 0.5) is 5.69 Å². The summed E-state index contributed by atoms with van der Waals surface area (Å²) in [7, 11) is 0. The molecule has 2 aromatic carbocycles. The number of aryl methyl sites for hydroxylation is 1. The lowest BCUT2D eigenvalue weighted by molar-refractivity contribution is -0.116. The van der Waals surface area contributed by atoms with E-state index in [-0.39, 0.29) is 5.91 Å². The normalized spacial score (nSPS) is 10.8. The predicted octanol–water partition coefficient (Wildman–Crippen LogP) is 5.82. The molecule has 7 heteroatoms. The van der Waals surface area contributed by atoms with E-state index in [4.69, 9.17) is 0 Å². The number of nitrogens with zero attached hydrogens (tertiary/aromatic N) is 3. The summed E-state index contributed by atoms with van der Waals surface area (Å²) in [4.78, 5) is 13.3. The van der Waals surface area contributed by atoms with Gasteiger partial charge in [0, 0.05) is 23.5 Å². The molecule has 0 unspecified atom stereocenters. The van der Waals surface area contributed by atoms with Gasteiger partial charge in [-0.3, -0.25) is 9.36 Å². The zero-order valence-corrected chi connectivity index (χ0v) is 18.2. The molecule has 0 aliphatic heterocycles. The van der Waals surface area contributed by atoms with Gasteiger partial charge in [-0.1, -0.05) is 53.7 Å². The van der Waals surface area contributed by atoms with E-state index in [1.807, 2.05) is 60.8 Å². The molecule has 2 heterocycles. The molecule has 0 saturated carbocycles. The first-order valence-electron chi connectivity index (χ1n) is 9.75. The van der Waals surface area contributed by atoms with E-state index in [0.29, 0.717) is 6.42 Å². The van der Waals surface area contributed by atoms with Crippen LogP contribution >= 0.6 is 23.1 Å². The number of amides is 1. The van der Waals surface area contributed by atoms with E-state index in [1.165, 1.54) is 5.56 Å². The van der Waals surface area contributed by atoms with Crippen LogP contribution in [0.5, 0.6) is 0 Å². The number of thiophene rings is 1. The van der Waals surface area contributed by atoms with Crippen LogP contribution < -0.4 is 5.32 Å². The van der Waals surface area contributed by atoms with E-state index in [1.54, 1.807) is 23.1 Å². The van der Waals surface area contributed by atoms with Crippen molar-refractivity contribution in [1.82, 2.24) is 14.8 Å². The van der Waals surface area contributed by atoms with Crippen molar-refractivity contribution in [1.29, 1.82) is 0 Å². The Morgan fingerprint density at radius 1 is 1.03 bits per heavy atom. The maximum Gasteiger partial charge on any atom is 0.224 e. The van der Waals surface area contributed by atoms with Crippen LogP contribution in [0.25, 0.3) is 16.4 Å². The van der Waals surface area contributed by atoms with Gasteiger partial charge in [-0.05, 0) is 49.1 Å². The number of carbonyl (C=O) groups excluding carboxylic acids is 1. The molecular formula is C23H22N4OS2. The fraction of sp³-hybridized carbons (Fsp3) is 0.174. The van der Waals surface area contributed by atoms with Crippen molar-refractivity contribution in [2.45, 2.75) is 24.9 Å². The van der Waals surface area contributed by atoms with Crippen LogP contribution in [-0.2, 0) is 4.79 Å². The van der Waals surface area contributed by atoms with Gasteiger partial charge in [-0.2, -0.15) is 0 Å². The van der Waals surface area contributed by atoms with Crippen molar-refractivity contribution < 1.29 is 4.79 Å². The third-order valence-electron chi connectivity index (χ3n) is 4.50. The Kier molecular flexibility index (Phi) is 6.61. The molecule has 4 rings (SSSR count). The van der Waals surface area contributed by atoms with Crippen LogP contribution in [0.1, 0.15) is 18.4 Å². The Morgan fingerprint density at radius 2 is 1.83 bits per heavy atom. The number of hydrogen-bond donors (Lipinski definition) is 1. The van der Waals surface area contributed by atoms with Crippen LogP contribution in [0.15, 0.2) is 77.3 Å². The molecule has 152 valence electrons. The van der Waals surface area contributed by atoms with Crippen molar-refractivity contribution in [3.8, 4) is 16.4 Å². The van der Waals surface area contributed by atoms with Crippen molar-refractivity contribution in [3.63, 3.8) is 0 Å². The summed E-state index contributed by atoms with van der Waals surface area (Å²) in [6, 6.07) is 22.0. The highest BCUT2D eigenvalue weighted by atomic mass is 32.2. The monoisotopic (exact) mass is 434 g/mol. The average molecular weight is 435 g/mol. The van der Waals surface area contributed by atoms with Crippen molar-refractivity contribution in [2.75, 3.05) is 11.1 Å². The van der Waals surface area contributed by atoms with Gasteiger partial charge in [0.05, 0.1) is 4.88 Å². The summed E-state index contributed by atoms with van der Waals surface area (Å²) < 4.78 is 2.09. The Labute approximate surface area is 184 Å². The molecule has 0 bridgehead atoms. The molecule has 0 spiro atoms. The van der Waals surface area contributed by atoms with E-state index < -0.39 is 0 Å². The molecule has 30 heavy (non-hydrogen) atoms. The largest absolute Gasteiger partial charge is 0.326 e. The molecule has 1 amide bonds. The average Bonchev–Trinajstić information content (AvgIpc) is 3.43. The Bertz CT molecular complexity index is 1090. The first kappa shape index (κ1) is 20.4. The second-order valence-corrected chi connectivity index (χ2v) is 8.83. The third kappa shape index (κ3) is 4.98. The molecule has 2 aromatic heterocycles. The number of nitrogens with one attached hydrogen (secondary N) is 1. The van der Waals surface area contributed by atoms with E-state index in [2.05, 4.69) is 38.3 Å². The molecule has 0 radical (unpaired) electrons. The van der Waals surface area contributed by atoms with Crippen LogP contribution in [0.3, 0.4) is 0 Å². The van der Waals surface area contributed by atoms with Crippen LogP contribution in [0.2, 0.25) is 0 Å². The minimum atomic E-state index is 0.0308. The smallest absolute Gasteiger partial charge is 0.224 e. The molecule has 0 atom stereocenters. The predicted molar refractivity (Wildman–Crippen MR) is 124 cm³/mol. The molecule has 0 fully saturated rings. The quantitative estimate of drug-likeness (QED) is 0.281. The van der Waals surface area contributed by atoms with Crippen molar-refractivity contribution in [3.05, 3.63) is 77.7 Å². The van der Waals surface area contributed by atoms with Crippen molar-refractivity contribution in [2.24, 2.45) is 0 Å². The number of hydrogen-bond acceptors (Lipinski definition) is 5. The first-order valence-corrected chi connectivity index (χ1v) is 11.6. The van der Waals surface area contributed by atoms with Gasteiger partial charge in [-0.15, -0.1) is 21.5 Å². The second-order valence-electron chi connectivity index (χ2n) is 6.82. The number of anilines is 1. The molecule has 0 saturated heterocycles. The van der Waals surface area contributed by atoms with Crippen molar-refractivity contribution >= 4 is 34.7 Å². The lowest BCUT2D eigenvalue weighted by atomic mass is 10.2. The maximum atomic E-state index is 12.2. The Morgan fingerprint density at radius 3 is 2.57 bits per heavy atom. The van der Waals surface area contributed by atoms with Crippen LogP contribution in [-0.4, -0.2) is 26.4 Å². The minimum absolute atomic E-state index is 0.0308. The Balaban J connectivity index is 1.39. The molecule has 0 aliphatic carbocycles.